The van der Waals surface area contributed by atoms with Crippen molar-refractivity contribution >= 4 is 23.3 Å². The summed E-state index contributed by atoms with van der Waals surface area (Å²) in [5.41, 5.74) is 6.27. The van der Waals surface area contributed by atoms with Gasteiger partial charge in [-0.05, 0) is 37.5 Å². The molecule has 0 bridgehead atoms. The van der Waals surface area contributed by atoms with Crippen molar-refractivity contribution in [3.8, 4) is 0 Å². The Kier molecular flexibility index (Phi) is 4.92. The fraction of sp³-hybridized carbons (Fsp3) is 0.562. The molecule has 2 fully saturated rings. The summed E-state index contributed by atoms with van der Waals surface area (Å²) in [5.74, 6) is -0.384. The first-order valence-electron chi connectivity index (χ1n) is 8.03. The molecule has 0 aromatic heterocycles. The van der Waals surface area contributed by atoms with Gasteiger partial charge in [-0.15, -0.1) is 0 Å². The second kappa shape index (κ2) is 6.93. The minimum Gasteiger partial charge on any atom is -0.370 e. The molecule has 0 spiro atoms. The fourth-order valence-corrected chi connectivity index (χ4v) is 3.59. The predicted octanol–water partition coefficient (Wildman–Crippen LogP) is 2.19. The van der Waals surface area contributed by atoms with E-state index < -0.39 is 0 Å². The summed E-state index contributed by atoms with van der Waals surface area (Å²) in [6.45, 7) is 3.26. The van der Waals surface area contributed by atoms with E-state index in [0.717, 1.165) is 51.1 Å². The number of benzene rings is 1. The van der Waals surface area contributed by atoms with Gasteiger partial charge in [0.05, 0.1) is 5.02 Å². The summed E-state index contributed by atoms with van der Waals surface area (Å²) in [5, 5.41) is 3.84. The van der Waals surface area contributed by atoms with Crippen LogP contribution in [0.3, 0.4) is 0 Å². The van der Waals surface area contributed by atoms with Crippen LogP contribution in [-0.4, -0.2) is 49.2 Å². The number of nitrogens with one attached hydrogen (secondary N) is 1. The summed E-state index contributed by atoms with van der Waals surface area (Å²) >= 11 is 5.86. The molecular weight excluding hydrogens is 319 g/mol. The first-order valence-corrected chi connectivity index (χ1v) is 8.41. The van der Waals surface area contributed by atoms with Crippen LogP contribution in [0, 0.1) is 5.82 Å². The number of rotatable bonds is 3. The van der Waals surface area contributed by atoms with Crippen LogP contribution in [0.4, 0.5) is 14.9 Å². The number of carbonyl (C=O) groups is 1. The zero-order chi connectivity index (χ0) is 16.4. The molecule has 126 valence electrons. The Labute approximate surface area is 140 Å². The Balaban J connectivity index is 1.50. The van der Waals surface area contributed by atoms with E-state index in [4.69, 9.17) is 17.3 Å². The summed E-state index contributed by atoms with van der Waals surface area (Å²) < 4.78 is 13.3. The van der Waals surface area contributed by atoms with E-state index in [2.05, 4.69) is 10.2 Å². The molecule has 2 amide bonds. The van der Waals surface area contributed by atoms with E-state index in [1.54, 1.807) is 17.0 Å². The minimum absolute atomic E-state index is 0.165. The minimum atomic E-state index is -0.384. The third-order valence-corrected chi connectivity index (χ3v) is 5.02. The number of carbonyl (C=O) groups excluding carboxylic acids is 1. The summed E-state index contributed by atoms with van der Waals surface area (Å²) in [6, 6.07) is 5.37. The van der Waals surface area contributed by atoms with E-state index >= 15 is 0 Å². The molecule has 0 unspecified atom stereocenters. The second-order valence-electron chi connectivity index (χ2n) is 6.30. The lowest BCUT2D eigenvalue weighted by Gasteiger charge is -2.33. The zero-order valence-corrected chi connectivity index (χ0v) is 13.7. The average molecular weight is 341 g/mol. The van der Waals surface area contributed by atoms with Gasteiger partial charge in [0.25, 0.3) is 0 Å². The third-order valence-electron chi connectivity index (χ3n) is 4.73. The molecule has 1 atom stereocenters. The van der Waals surface area contributed by atoms with Crippen LogP contribution in [0.25, 0.3) is 0 Å². The average Bonchev–Trinajstić information content (AvgIpc) is 2.99. The highest BCUT2D eigenvalue weighted by atomic mass is 35.5. The second-order valence-corrected chi connectivity index (χ2v) is 6.70. The first kappa shape index (κ1) is 16.3. The van der Waals surface area contributed by atoms with Crippen molar-refractivity contribution in [2.75, 3.05) is 31.1 Å². The van der Waals surface area contributed by atoms with Crippen molar-refractivity contribution < 1.29 is 9.18 Å². The molecule has 7 heteroatoms. The summed E-state index contributed by atoms with van der Waals surface area (Å²) in [7, 11) is 0. The zero-order valence-electron chi connectivity index (χ0n) is 13.0. The van der Waals surface area contributed by atoms with Crippen molar-refractivity contribution in [3.05, 3.63) is 29.0 Å². The summed E-state index contributed by atoms with van der Waals surface area (Å²) in [4.78, 5) is 15.1. The maximum atomic E-state index is 13.3. The Morgan fingerprint density at radius 1 is 1.22 bits per heavy atom. The van der Waals surface area contributed by atoms with Gasteiger partial charge in [-0.25, -0.2) is 9.18 Å². The van der Waals surface area contributed by atoms with Crippen molar-refractivity contribution in [2.24, 2.45) is 5.73 Å². The highest BCUT2D eigenvalue weighted by molar-refractivity contribution is 6.31. The van der Waals surface area contributed by atoms with Crippen molar-refractivity contribution in [3.63, 3.8) is 0 Å². The van der Waals surface area contributed by atoms with Gasteiger partial charge in [-0.2, -0.15) is 0 Å². The molecule has 2 aliphatic rings. The van der Waals surface area contributed by atoms with Gasteiger partial charge in [0, 0.05) is 44.0 Å². The van der Waals surface area contributed by atoms with Crippen LogP contribution >= 0.6 is 11.6 Å². The Hall–Kier alpha value is -1.53. The first-order chi connectivity index (χ1) is 11.0. The lowest BCUT2D eigenvalue weighted by molar-refractivity contribution is 0.183. The molecule has 1 aromatic rings. The summed E-state index contributed by atoms with van der Waals surface area (Å²) in [6.07, 6.45) is 2.91. The standard InChI is InChI=1S/C16H22ClFN4O/c17-14-9-13(1-2-15(14)18)22-8-5-12(10-22)20-11-3-6-21(7-4-11)16(19)23/h1-2,9,11-12,20H,3-8,10H2,(H2,19,23)/t12-/m1/s1. The number of anilines is 1. The molecule has 2 aliphatic heterocycles. The highest BCUT2D eigenvalue weighted by Gasteiger charge is 2.27. The monoisotopic (exact) mass is 340 g/mol. The SMILES string of the molecule is NC(=O)N1CCC(N[C@@H]2CCN(c3ccc(F)c(Cl)c3)C2)CC1. The number of halogens is 2. The molecule has 1 aromatic carbocycles. The number of hydrogen-bond donors (Lipinski definition) is 2. The Morgan fingerprint density at radius 2 is 1.91 bits per heavy atom. The predicted molar refractivity (Wildman–Crippen MR) is 89.3 cm³/mol. The van der Waals surface area contributed by atoms with Crippen LogP contribution < -0.4 is 16.0 Å². The highest BCUT2D eigenvalue weighted by Crippen LogP contribution is 2.26. The quantitative estimate of drug-likeness (QED) is 0.886. The molecule has 0 radical (unpaired) electrons. The number of likely N-dealkylation sites (tertiary alicyclic amines) is 1. The number of nitrogens with two attached hydrogens (primary N) is 1. The molecule has 0 aliphatic carbocycles. The molecule has 3 N–H and O–H groups in total. The van der Waals surface area contributed by atoms with Gasteiger partial charge >= 0.3 is 6.03 Å². The van der Waals surface area contributed by atoms with Crippen LogP contribution in [0.2, 0.25) is 5.02 Å². The normalized spacial score (nSPS) is 22.6. The lowest BCUT2D eigenvalue weighted by Crippen LogP contribution is -2.49. The molecular formula is C16H22ClFN4O. The third kappa shape index (κ3) is 3.87. The largest absolute Gasteiger partial charge is 0.370 e. The van der Waals surface area contributed by atoms with Crippen molar-refractivity contribution in [1.29, 1.82) is 0 Å². The van der Waals surface area contributed by atoms with Gasteiger partial charge in [0.15, 0.2) is 0 Å². The number of urea groups is 1. The van der Waals surface area contributed by atoms with E-state index in [9.17, 15) is 9.18 Å². The number of amides is 2. The van der Waals surface area contributed by atoms with Gasteiger partial charge in [-0.3, -0.25) is 0 Å². The molecule has 2 saturated heterocycles. The van der Waals surface area contributed by atoms with Gasteiger partial charge in [0.2, 0.25) is 0 Å². The van der Waals surface area contributed by atoms with Crippen molar-refractivity contribution in [1.82, 2.24) is 10.2 Å². The van der Waals surface area contributed by atoms with E-state index in [1.807, 2.05) is 0 Å². The maximum Gasteiger partial charge on any atom is 0.314 e. The number of primary amides is 1. The Bertz CT molecular complexity index is 577. The topological polar surface area (TPSA) is 61.6 Å². The van der Waals surface area contributed by atoms with E-state index in [-0.39, 0.29) is 16.9 Å². The van der Waals surface area contributed by atoms with Crippen LogP contribution in [0.1, 0.15) is 19.3 Å². The molecule has 3 rings (SSSR count). The molecule has 5 nitrogen and oxygen atoms in total. The maximum absolute atomic E-state index is 13.3. The number of hydrogen-bond acceptors (Lipinski definition) is 3. The van der Waals surface area contributed by atoms with Gasteiger partial charge in [0.1, 0.15) is 5.82 Å². The van der Waals surface area contributed by atoms with Gasteiger partial charge in [-0.1, -0.05) is 11.6 Å². The van der Waals surface area contributed by atoms with Crippen LogP contribution in [0.15, 0.2) is 18.2 Å². The molecule has 2 heterocycles. The van der Waals surface area contributed by atoms with Gasteiger partial charge < -0.3 is 20.9 Å². The van der Waals surface area contributed by atoms with Crippen LogP contribution in [0.5, 0.6) is 0 Å². The van der Waals surface area contributed by atoms with Crippen molar-refractivity contribution in [2.45, 2.75) is 31.3 Å². The lowest BCUT2D eigenvalue weighted by atomic mass is 10.0. The van der Waals surface area contributed by atoms with Crippen LogP contribution in [-0.2, 0) is 0 Å². The molecule has 0 saturated carbocycles. The number of nitrogens with zero attached hydrogens (tertiary/aromatic N) is 2. The molecule has 23 heavy (non-hydrogen) atoms. The number of piperidine rings is 1. The smallest absolute Gasteiger partial charge is 0.314 e. The van der Waals surface area contributed by atoms with E-state index in [0.29, 0.717) is 12.1 Å². The van der Waals surface area contributed by atoms with E-state index in [1.165, 1.54) is 6.07 Å². The fourth-order valence-electron chi connectivity index (χ4n) is 3.41. The Morgan fingerprint density at radius 3 is 2.57 bits per heavy atom.